The van der Waals surface area contributed by atoms with Gasteiger partial charge in [-0.15, -0.1) is 11.8 Å². The Bertz CT molecular complexity index is 626. The normalized spacial score (nSPS) is 10.7. The first-order valence-electron chi connectivity index (χ1n) is 5.92. The molecule has 0 heterocycles. The molecule has 0 bridgehead atoms. The molecule has 3 nitrogen and oxygen atoms in total. The minimum atomic E-state index is -0.233. The van der Waals surface area contributed by atoms with Crippen LogP contribution in [0.25, 0.3) is 0 Å². The van der Waals surface area contributed by atoms with E-state index in [4.69, 9.17) is 0 Å². The maximum atomic E-state index is 11.8. The zero-order valence-electron chi connectivity index (χ0n) is 10.8. The first-order chi connectivity index (χ1) is 9.69. The summed E-state index contributed by atoms with van der Waals surface area (Å²) in [5.74, 6) is -0.233. The molecule has 0 spiro atoms. The number of rotatable bonds is 4. The Hall–Kier alpha value is -1.59. The zero-order valence-corrected chi connectivity index (χ0v) is 13.2. The topological polar surface area (TPSA) is 41.5 Å². The monoisotopic (exact) mass is 348 g/mol. The van der Waals surface area contributed by atoms with Gasteiger partial charge in [-0.1, -0.05) is 34.1 Å². The number of thioether (sulfide) groups is 1. The van der Waals surface area contributed by atoms with Crippen molar-refractivity contribution in [3.63, 3.8) is 0 Å². The maximum Gasteiger partial charge on any atom is 0.271 e. The molecule has 0 radical (unpaired) electrons. The molecule has 0 atom stereocenters. The highest BCUT2D eigenvalue weighted by atomic mass is 79.9. The quantitative estimate of drug-likeness (QED) is 0.516. The van der Waals surface area contributed by atoms with Crippen LogP contribution in [0.15, 0.2) is 63.0 Å². The Kier molecular flexibility index (Phi) is 5.38. The molecule has 0 saturated heterocycles. The van der Waals surface area contributed by atoms with E-state index in [-0.39, 0.29) is 5.91 Å². The van der Waals surface area contributed by atoms with E-state index in [9.17, 15) is 4.79 Å². The molecular weight excluding hydrogens is 336 g/mol. The van der Waals surface area contributed by atoms with Crippen molar-refractivity contribution < 1.29 is 4.79 Å². The number of nitrogens with zero attached hydrogens (tertiary/aromatic N) is 1. The van der Waals surface area contributed by atoms with Crippen molar-refractivity contribution in [1.82, 2.24) is 5.43 Å². The predicted molar refractivity (Wildman–Crippen MR) is 87.4 cm³/mol. The molecular formula is C15H13BrN2OS. The first kappa shape index (κ1) is 14.8. The van der Waals surface area contributed by atoms with E-state index >= 15 is 0 Å². The van der Waals surface area contributed by atoms with Crippen LogP contribution < -0.4 is 5.43 Å². The fourth-order valence-corrected chi connectivity index (χ4v) is 2.36. The molecule has 2 aromatic carbocycles. The smallest absolute Gasteiger partial charge is 0.267 e. The Labute approximate surface area is 130 Å². The molecule has 1 amide bonds. The number of halogens is 1. The molecule has 0 aliphatic carbocycles. The minimum Gasteiger partial charge on any atom is -0.267 e. The van der Waals surface area contributed by atoms with Crippen molar-refractivity contribution >= 4 is 39.8 Å². The second-order valence-corrected chi connectivity index (χ2v) is 5.78. The Morgan fingerprint density at radius 2 is 2.00 bits per heavy atom. The number of hydrogen-bond acceptors (Lipinski definition) is 3. The molecule has 0 aliphatic rings. The average Bonchev–Trinajstić information content (AvgIpc) is 2.48. The van der Waals surface area contributed by atoms with Crippen LogP contribution >= 0.6 is 27.7 Å². The van der Waals surface area contributed by atoms with Gasteiger partial charge in [-0.25, -0.2) is 5.43 Å². The summed E-state index contributed by atoms with van der Waals surface area (Å²) in [7, 11) is 0. The number of nitrogens with one attached hydrogen (secondary N) is 1. The molecule has 102 valence electrons. The zero-order chi connectivity index (χ0) is 14.4. The molecule has 0 aliphatic heterocycles. The lowest BCUT2D eigenvalue weighted by molar-refractivity contribution is 0.0955. The van der Waals surface area contributed by atoms with Gasteiger partial charge in [0.25, 0.3) is 5.91 Å². The third kappa shape index (κ3) is 4.21. The van der Waals surface area contributed by atoms with Crippen molar-refractivity contribution in [2.24, 2.45) is 5.10 Å². The van der Waals surface area contributed by atoms with Crippen molar-refractivity contribution in [3.8, 4) is 0 Å². The SMILES string of the molecule is CSc1ccc(/C=N/NC(=O)c2cccc(Br)c2)cc1. The number of carbonyl (C=O) groups excluding carboxylic acids is 1. The highest BCUT2D eigenvalue weighted by Crippen LogP contribution is 2.14. The molecule has 0 unspecified atom stereocenters. The lowest BCUT2D eigenvalue weighted by atomic mass is 10.2. The van der Waals surface area contributed by atoms with Crippen LogP contribution in [0, 0.1) is 0 Å². The highest BCUT2D eigenvalue weighted by molar-refractivity contribution is 9.10. The van der Waals surface area contributed by atoms with Gasteiger partial charge in [-0.3, -0.25) is 4.79 Å². The summed E-state index contributed by atoms with van der Waals surface area (Å²) in [6.45, 7) is 0. The fraction of sp³-hybridized carbons (Fsp3) is 0.0667. The van der Waals surface area contributed by atoms with E-state index in [0.29, 0.717) is 5.56 Å². The van der Waals surface area contributed by atoms with E-state index < -0.39 is 0 Å². The summed E-state index contributed by atoms with van der Waals surface area (Å²) < 4.78 is 0.863. The van der Waals surface area contributed by atoms with Gasteiger partial charge in [0.05, 0.1) is 6.21 Å². The molecule has 20 heavy (non-hydrogen) atoms. The fourth-order valence-electron chi connectivity index (χ4n) is 1.55. The van der Waals surface area contributed by atoms with Crippen LogP contribution in [0.2, 0.25) is 0 Å². The summed E-state index contributed by atoms with van der Waals surface area (Å²) in [6, 6.07) is 15.1. The Morgan fingerprint density at radius 1 is 1.25 bits per heavy atom. The largest absolute Gasteiger partial charge is 0.271 e. The molecule has 5 heteroatoms. The second-order valence-electron chi connectivity index (χ2n) is 3.98. The van der Waals surface area contributed by atoms with Gasteiger partial charge in [0, 0.05) is 14.9 Å². The number of carbonyl (C=O) groups is 1. The number of hydrazone groups is 1. The summed E-state index contributed by atoms with van der Waals surface area (Å²) in [4.78, 5) is 13.0. The molecule has 2 rings (SSSR count). The van der Waals surface area contributed by atoms with Crippen LogP contribution in [0.3, 0.4) is 0 Å². The number of benzene rings is 2. The van der Waals surface area contributed by atoms with Gasteiger partial charge >= 0.3 is 0 Å². The Balaban J connectivity index is 1.97. The lowest BCUT2D eigenvalue weighted by Crippen LogP contribution is -2.17. The van der Waals surface area contributed by atoms with Crippen LogP contribution in [0.4, 0.5) is 0 Å². The Morgan fingerprint density at radius 3 is 2.65 bits per heavy atom. The van der Waals surface area contributed by atoms with Crippen molar-refractivity contribution in [3.05, 3.63) is 64.1 Å². The second kappa shape index (κ2) is 7.26. The van der Waals surface area contributed by atoms with Gasteiger partial charge in [0.15, 0.2) is 0 Å². The first-order valence-corrected chi connectivity index (χ1v) is 7.94. The van der Waals surface area contributed by atoms with Gasteiger partial charge in [0.1, 0.15) is 0 Å². The van der Waals surface area contributed by atoms with E-state index in [2.05, 4.69) is 26.5 Å². The third-order valence-electron chi connectivity index (χ3n) is 2.58. The summed E-state index contributed by atoms with van der Waals surface area (Å²) in [5, 5.41) is 3.96. The molecule has 0 aromatic heterocycles. The van der Waals surface area contributed by atoms with Crippen LogP contribution in [-0.2, 0) is 0 Å². The molecule has 2 aromatic rings. The van der Waals surface area contributed by atoms with E-state index in [0.717, 1.165) is 10.0 Å². The number of amides is 1. The van der Waals surface area contributed by atoms with Crippen LogP contribution in [0.1, 0.15) is 15.9 Å². The van der Waals surface area contributed by atoms with Gasteiger partial charge in [0.2, 0.25) is 0 Å². The van der Waals surface area contributed by atoms with Crippen LogP contribution in [-0.4, -0.2) is 18.4 Å². The highest BCUT2D eigenvalue weighted by Gasteiger charge is 2.03. The minimum absolute atomic E-state index is 0.233. The number of hydrogen-bond donors (Lipinski definition) is 1. The third-order valence-corrected chi connectivity index (χ3v) is 3.82. The van der Waals surface area contributed by atoms with Crippen molar-refractivity contribution in [1.29, 1.82) is 0 Å². The summed E-state index contributed by atoms with van der Waals surface area (Å²) >= 11 is 5.01. The van der Waals surface area contributed by atoms with Gasteiger partial charge in [-0.05, 0) is 42.2 Å². The summed E-state index contributed by atoms with van der Waals surface area (Å²) in [5.41, 5.74) is 4.01. The van der Waals surface area contributed by atoms with E-state index in [1.54, 1.807) is 30.1 Å². The van der Waals surface area contributed by atoms with Crippen LogP contribution in [0.5, 0.6) is 0 Å². The van der Waals surface area contributed by atoms with Crippen molar-refractivity contribution in [2.75, 3.05) is 6.26 Å². The maximum absolute atomic E-state index is 11.8. The lowest BCUT2D eigenvalue weighted by Gasteiger charge is -2.00. The molecule has 0 saturated carbocycles. The standard InChI is InChI=1S/C15H13BrN2OS/c1-20-14-7-5-11(6-8-14)10-17-18-15(19)12-3-2-4-13(16)9-12/h2-10H,1H3,(H,18,19)/b17-10+. The van der Waals surface area contributed by atoms with Gasteiger partial charge in [-0.2, -0.15) is 5.10 Å². The molecule has 1 N–H and O–H groups in total. The van der Waals surface area contributed by atoms with Gasteiger partial charge < -0.3 is 0 Å². The molecule has 0 fully saturated rings. The average molecular weight is 349 g/mol. The van der Waals surface area contributed by atoms with Crippen molar-refractivity contribution in [2.45, 2.75) is 4.90 Å². The van der Waals surface area contributed by atoms with E-state index in [1.807, 2.05) is 42.7 Å². The summed E-state index contributed by atoms with van der Waals surface area (Å²) in [6.07, 6.45) is 3.65. The predicted octanol–water partition coefficient (Wildman–Crippen LogP) is 3.93. The van der Waals surface area contributed by atoms with E-state index in [1.165, 1.54) is 4.90 Å².